The van der Waals surface area contributed by atoms with Gasteiger partial charge in [-0.1, -0.05) is 0 Å². The minimum absolute atomic E-state index is 0.0590. The van der Waals surface area contributed by atoms with Crippen LogP contribution in [-0.4, -0.2) is 29.2 Å². The number of nitrogens with one attached hydrogen (secondary N) is 1. The van der Waals surface area contributed by atoms with Gasteiger partial charge in [-0.3, -0.25) is 10.1 Å². The van der Waals surface area contributed by atoms with Crippen molar-refractivity contribution in [3.63, 3.8) is 0 Å². The summed E-state index contributed by atoms with van der Waals surface area (Å²) in [4.78, 5) is 20.8. The first-order chi connectivity index (χ1) is 11.1. The number of nitro groups is 1. The molecule has 0 spiro atoms. The molecule has 0 radical (unpaired) electrons. The molecule has 7 heteroatoms. The molecule has 0 saturated heterocycles. The first-order valence-corrected chi connectivity index (χ1v) is 7.01. The molecule has 23 heavy (non-hydrogen) atoms. The van der Waals surface area contributed by atoms with Gasteiger partial charge >= 0.3 is 5.97 Å². The average Bonchev–Trinajstić information content (AvgIpc) is 2.55. The largest absolute Gasteiger partial charge is 0.494 e. The molecule has 0 aliphatic heterocycles. The summed E-state index contributed by atoms with van der Waals surface area (Å²) < 4.78 is 5.51. The summed E-state index contributed by atoms with van der Waals surface area (Å²) in [6.07, 6.45) is 0.734. The van der Waals surface area contributed by atoms with Crippen molar-refractivity contribution >= 4 is 17.3 Å². The third-order valence-corrected chi connectivity index (χ3v) is 3.10. The summed E-state index contributed by atoms with van der Waals surface area (Å²) >= 11 is 0. The highest BCUT2D eigenvalue weighted by atomic mass is 16.6. The molecule has 0 amide bonds. The summed E-state index contributed by atoms with van der Waals surface area (Å²) in [6, 6.07) is 12.4. The molecule has 0 aromatic heterocycles. The van der Waals surface area contributed by atoms with Gasteiger partial charge in [-0.15, -0.1) is 0 Å². The zero-order valence-corrected chi connectivity index (χ0v) is 12.3. The monoisotopic (exact) mass is 316 g/mol. The van der Waals surface area contributed by atoms with Crippen LogP contribution in [0.3, 0.4) is 0 Å². The lowest BCUT2D eigenvalue weighted by Gasteiger charge is -2.08. The first-order valence-electron chi connectivity index (χ1n) is 7.01. The molecule has 0 saturated carbocycles. The molecule has 0 fully saturated rings. The lowest BCUT2D eigenvalue weighted by Crippen LogP contribution is -2.07. The topological polar surface area (TPSA) is 102 Å². The molecular weight excluding hydrogens is 300 g/mol. The predicted octanol–water partition coefficient (Wildman–Crippen LogP) is 3.17. The van der Waals surface area contributed by atoms with E-state index in [9.17, 15) is 14.9 Å². The Morgan fingerprint density at radius 2 is 1.78 bits per heavy atom. The van der Waals surface area contributed by atoms with E-state index in [-0.39, 0.29) is 11.3 Å². The van der Waals surface area contributed by atoms with E-state index >= 15 is 0 Å². The minimum Gasteiger partial charge on any atom is -0.494 e. The lowest BCUT2D eigenvalue weighted by molar-refractivity contribution is -0.384. The molecule has 7 nitrogen and oxygen atoms in total. The highest BCUT2D eigenvalue weighted by molar-refractivity contribution is 5.87. The van der Waals surface area contributed by atoms with Crippen LogP contribution in [0.15, 0.2) is 48.5 Å². The zero-order valence-electron chi connectivity index (χ0n) is 12.3. The lowest BCUT2D eigenvalue weighted by atomic mass is 10.2. The molecular formula is C16H16N2O5. The highest BCUT2D eigenvalue weighted by Crippen LogP contribution is 2.15. The van der Waals surface area contributed by atoms with Crippen LogP contribution >= 0.6 is 0 Å². The van der Waals surface area contributed by atoms with Gasteiger partial charge in [0.25, 0.3) is 5.69 Å². The second kappa shape index (κ2) is 7.79. The Morgan fingerprint density at radius 3 is 2.35 bits per heavy atom. The molecule has 0 bridgehead atoms. The number of carboxylic acids is 1. The number of hydrogen-bond donors (Lipinski definition) is 2. The van der Waals surface area contributed by atoms with Crippen LogP contribution < -0.4 is 10.1 Å². The van der Waals surface area contributed by atoms with E-state index in [1.54, 1.807) is 24.3 Å². The van der Waals surface area contributed by atoms with Crippen molar-refractivity contribution in [1.82, 2.24) is 0 Å². The Bertz CT molecular complexity index is 608. The molecule has 120 valence electrons. The van der Waals surface area contributed by atoms with E-state index in [4.69, 9.17) is 9.84 Å². The second-order valence-corrected chi connectivity index (χ2v) is 4.76. The average molecular weight is 316 g/mol. The Labute approximate surface area is 132 Å². The van der Waals surface area contributed by atoms with Crippen molar-refractivity contribution in [1.29, 1.82) is 0 Å². The van der Waals surface area contributed by atoms with E-state index in [0.29, 0.717) is 18.9 Å². The first kappa shape index (κ1) is 16.3. The van der Waals surface area contributed by atoms with E-state index in [1.165, 1.54) is 24.3 Å². The number of ether oxygens (including phenoxy) is 1. The fraction of sp³-hybridized carbons (Fsp3) is 0.188. The number of carbonyl (C=O) groups is 1. The molecule has 2 N–H and O–H groups in total. The van der Waals surface area contributed by atoms with Crippen molar-refractivity contribution in [3.8, 4) is 5.75 Å². The molecule has 2 aromatic rings. The fourth-order valence-electron chi connectivity index (χ4n) is 1.89. The van der Waals surface area contributed by atoms with E-state index in [1.807, 2.05) is 0 Å². The van der Waals surface area contributed by atoms with Crippen LogP contribution in [0.5, 0.6) is 5.75 Å². The third kappa shape index (κ3) is 4.99. The van der Waals surface area contributed by atoms with Crippen LogP contribution in [0.2, 0.25) is 0 Å². The number of nitro benzene ring substituents is 1. The van der Waals surface area contributed by atoms with Gasteiger partial charge in [-0.2, -0.15) is 0 Å². The van der Waals surface area contributed by atoms with Crippen molar-refractivity contribution in [2.24, 2.45) is 0 Å². The fourth-order valence-corrected chi connectivity index (χ4v) is 1.89. The smallest absolute Gasteiger partial charge is 0.335 e. The normalized spacial score (nSPS) is 10.1. The zero-order chi connectivity index (χ0) is 16.7. The summed E-state index contributed by atoms with van der Waals surface area (Å²) in [5.41, 5.74) is 1.09. The number of benzene rings is 2. The number of hydrogen-bond acceptors (Lipinski definition) is 5. The quantitative estimate of drug-likeness (QED) is 0.440. The Hall–Kier alpha value is -3.09. The molecule has 0 aliphatic carbocycles. The van der Waals surface area contributed by atoms with Gasteiger partial charge in [0.1, 0.15) is 5.75 Å². The van der Waals surface area contributed by atoms with Gasteiger partial charge in [-0.05, 0) is 42.8 Å². The standard InChI is InChI=1S/C16H16N2O5/c19-16(20)12-2-8-15(9-3-12)23-11-1-10-17-13-4-6-14(7-5-13)18(21)22/h2-9,17H,1,10-11H2,(H,19,20). The summed E-state index contributed by atoms with van der Waals surface area (Å²) in [5, 5.41) is 22.5. The molecule has 2 aromatic carbocycles. The Morgan fingerprint density at radius 1 is 1.13 bits per heavy atom. The van der Waals surface area contributed by atoms with Gasteiger partial charge in [-0.25, -0.2) is 4.79 Å². The van der Waals surface area contributed by atoms with Crippen LogP contribution in [0.25, 0.3) is 0 Å². The SMILES string of the molecule is O=C(O)c1ccc(OCCCNc2ccc([N+](=O)[O-])cc2)cc1. The van der Waals surface area contributed by atoms with Crippen molar-refractivity contribution < 1.29 is 19.6 Å². The van der Waals surface area contributed by atoms with E-state index < -0.39 is 10.9 Å². The van der Waals surface area contributed by atoms with Crippen molar-refractivity contribution in [2.75, 3.05) is 18.5 Å². The van der Waals surface area contributed by atoms with Gasteiger partial charge in [0.2, 0.25) is 0 Å². The second-order valence-electron chi connectivity index (χ2n) is 4.76. The third-order valence-electron chi connectivity index (χ3n) is 3.10. The number of non-ortho nitro benzene ring substituents is 1. The summed E-state index contributed by atoms with van der Waals surface area (Å²) in [7, 11) is 0. The number of aromatic carboxylic acids is 1. The molecule has 0 heterocycles. The van der Waals surface area contributed by atoms with Crippen molar-refractivity contribution in [3.05, 3.63) is 64.2 Å². The summed E-state index contributed by atoms with van der Waals surface area (Å²) in [6.45, 7) is 1.14. The highest BCUT2D eigenvalue weighted by Gasteiger charge is 2.04. The van der Waals surface area contributed by atoms with Crippen LogP contribution in [0.1, 0.15) is 16.8 Å². The minimum atomic E-state index is -0.969. The molecule has 2 rings (SSSR count). The van der Waals surface area contributed by atoms with E-state index in [2.05, 4.69) is 5.32 Å². The van der Waals surface area contributed by atoms with Gasteiger partial charge < -0.3 is 15.2 Å². The van der Waals surface area contributed by atoms with Crippen LogP contribution in [-0.2, 0) is 0 Å². The predicted molar refractivity (Wildman–Crippen MR) is 85.1 cm³/mol. The number of rotatable bonds is 8. The molecule has 0 aliphatic rings. The van der Waals surface area contributed by atoms with Crippen molar-refractivity contribution in [2.45, 2.75) is 6.42 Å². The van der Waals surface area contributed by atoms with Gasteiger partial charge in [0, 0.05) is 24.4 Å². The van der Waals surface area contributed by atoms with Crippen LogP contribution in [0.4, 0.5) is 11.4 Å². The molecule has 0 atom stereocenters. The van der Waals surface area contributed by atoms with Gasteiger partial charge in [0.05, 0.1) is 17.1 Å². The summed E-state index contributed by atoms with van der Waals surface area (Å²) in [5.74, 6) is -0.353. The molecule has 0 unspecified atom stereocenters. The van der Waals surface area contributed by atoms with Gasteiger partial charge in [0.15, 0.2) is 0 Å². The maximum atomic E-state index is 10.7. The number of nitrogens with zero attached hydrogens (tertiary/aromatic N) is 1. The Kier molecular flexibility index (Phi) is 5.51. The number of anilines is 1. The van der Waals surface area contributed by atoms with Crippen LogP contribution in [0, 0.1) is 10.1 Å². The number of carboxylic acid groups (broad SMARTS) is 1. The maximum absolute atomic E-state index is 10.7. The Balaban J connectivity index is 1.69. The van der Waals surface area contributed by atoms with E-state index in [0.717, 1.165) is 12.1 Å². The maximum Gasteiger partial charge on any atom is 0.335 e.